The highest BCUT2D eigenvalue weighted by molar-refractivity contribution is 7.99. The molecule has 2 aromatic carbocycles. The predicted molar refractivity (Wildman–Crippen MR) is 93.2 cm³/mol. The molecule has 0 unspecified atom stereocenters. The number of aromatic nitrogens is 1. The van der Waals surface area contributed by atoms with Crippen molar-refractivity contribution < 1.29 is 4.92 Å². The van der Waals surface area contributed by atoms with E-state index in [-0.39, 0.29) is 5.69 Å². The van der Waals surface area contributed by atoms with Gasteiger partial charge in [0.05, 0.1) is 9.95 Å². The third kappa shape index (κ3) is 3.57. The first-order valence-electron chi connectivity index (χ1n) is 6.91. The molecule has 0 bridgehead atoms. The van der Waals surface area contributed by atoms with Gasteiger partial charge in [0.1, 0.15) is 0 Å². The molecular weight excluding hydrogens is 332 g/mol. The van der Waals surface area contributed by atoms with Gasteiger partial charge < -0.3 is 4.98 Å². The minimum atomic E-state index is -0.397. The normalized spacial score (nSPS) is 10.7. The van der Waals surface area contributed by atoms with Crippen LogP contribution in [0, 0.1) is 17.0 Å². The van der Waals surface area contributed by atoms with Gasteiger partial charge in [-0.3, -0.25) is 10.1 Å². The molecule has 0 saturated heterocycles. The van der Waals surface area contributed by atoms with Crippen molar-refractivity contribution in [1.29, 1.82) is 0 Å². The maximum Gasteiger partial charge on any atom is 0.269 e. The molecule has 0 radical (unpaired) electrons. The summed E-state index contributed by atoms with van der Waals surface area (Å²) in [5.74, 6) is 0. The van der Waals surface area contributed by atoms with E-state index in [9.17, 15) is 10.1 Å². The lowest BCUT2D eigenvalue weighted by Gasteiger charge is -2.01. The Balaban J connectivity index is 1.83. The Morgan fingerprint density at radius 3 is 2.35 bits per heavy atom. The lowest BCUT2D eigenvalue weighted by atomic mass is 10.1. The minimum Gasteiger partial charge on any atom is -0.349 e. The van der Waals surface area contributed by atoms with Crippen LogP contribution >= 0.6 is 23.4 Å². The summed E-state index contributed by atoms with van der Waals surface area (Å²) in [5, 5.41) is 12.4. The second-order valence-electron chi connectivity index (χ2n) is 5.05. The Bertz CT molecular complexity index is 842. The summed E-state index contributed by atoms with van der Waals surface area (Å²) in [7, 11) is 0. The summed E-state index contributed by atoms with van der Waals surface area (Å²) in [6.07, 6.45) is 0. The monoisotopic (exact) mass is 344 g/mol. The van der Waals surface area contributed by atoms with Crippen LogP contribution in [0.25, 0.3) is 11.3 Å². The smallest absolute Gasteiger partial charge is 0.269 e. The first-order valence-corrected chi connectivity index (χ1v) is 8.10. The molecule has 6 heteroatoms. The van der Waals surface area contributed by atoms with E-state index < -0.39 is 4.92 Å². The molecule has 4 nitrogen and oxygen atoms in total. The second kappa shape index (κ2) is 6.48. The Morgan fingerprint density at radius 1 is 1.09 bits per heavy atom. The number of aryl methyl sites for hydroxylation is 1. The fraction of sp³-hybridized carbons (Fsp3) is 0.0588. The van der Waals surface area contributed by atoms with Crippen LogP contribution in [0.15, 0.2) is 64.5 Å². The van der Waals surface area contributed by atoms with E-state index in [1.54, 1.807) is 12.1 Å². The van der Waals surface area contributed by atoms with Gasteiger partial charge in [0.2, 0.25) is 0 Å². The fourth-order valence-corrected chi connectivity index (χ4v) is 3.30. The van der Waals surface area contributed by atoms with E-state index >= 15 is 0 Å². The molecule has 1 N–H and O–H groups in total. The van der Waals surface area contributed by atoms with Gasteiger partial charge in [-0.2, -0.15) is 0 Å². The lowest BCUT2D eigenvalue weighted by Crippen LogP contribution is -1.86. The summed E-state index contributed by atoms with van der Waals surface area (Å²) < 4.78 is 0. The largest absolute Gasteiger partial charge is 0.349 e. The highest BCUT2D eigenvalue weighted by Crippen LogP contribution is 2.33. The van der Waals surface area contributed by atoms with Crippen molar-refractivity contribution in [2.45, 2.75) is 16.8 Å². The minimum absolute atomic E-state index is 0.0962. The number of benzene rings is 2. The van der Waals surface area contributed by atoms with Crippen molar-refractivity contribution in [2.75, 3.05) is 0 Å². The molecule has 3 rings (SSSR count). The number of nitrogens with zero attached hydrogens (tertiary/aromatic N) is 1. The van der Waals surface area contributed by atoms with Crippen LogP contribution in [-0.4, -0.2) is 9.91 Å². The molecule has 3 aromatic rings. The van der Waals surface area contributed by atoms with E-state index in [0.717, 1.165) is 26.7 Å². The number of non-ortho nitro benzene ring substituents is 1. The van der Waals surface area contributed by atoms with Gasteiger partial charge in [-0.15, -0.1) is 0 Å². The van der Waals surface area contributed by atoms with E-state index in [2.05, 4.69) is 11.1 Å². The van der Waals surface area contributed by atoms with Gasteiger partial charge >= 0.3 is 0 Å². The topological polar surface area (TPSA) is 58.9 Å². The van der Waals surface area contributed by atoms with Crippen molar-refractivity contribution in [1.82, 2.24) is 4.98 Å². The highest BCUT2D eigenvalue weighted by atomic mass is 35.5. The predicted octanol–water partition coefficient (Wildman–Crippen LogP) is 5.70. The molecular formula is C17H13ClN2O2S. The molecule has 0 atom stereocenters. The Hall–Kier alpha value is -2.24. The molecule has 0 aliphatic carbocycles. The lowest BCUT2D eigenvalue weighted by molar-refractivity contribution is -0.384. The van der Waals surface area contributed by atoms with Gasteiger partial charge in [0.25, 0.3) is 5.69 Å². The number of aromatic amines is 1. The molecule has 0 saturated carbocycles. The zero-order valence-corrected chi connectivity index (χ0v) is 13.8. The Morgan fingerprint density at radius 2 is 1.74 bits per heavy atom. The maximum absolute atomic E-state index is 10.7. The van der Waals surface area contributed by atoms with E-state index in [1.807, 2.05) is 31.2 Å². The molecule has 0 amide bonds. The third-order valence-corrected chi connectivity index (χ3v) is 4.60. The zero-order valence-electron chi connectivity index (χ0n) is 12.2. The molecule has 1 heterocycles. The molecule has 0 fully saturated rings. The van der Waals surface area contributed by atoms with E-state index in [4.69, 9.17) is 11.6 Å². The van der Waals surface area contributed by atoms with Crippen LogP contribution in [0.3, 0.4) is 0 Å². The SMILES string of the molecule is Cc1cc(Sc2ccc([N+](=O)[O-])cc2)[nH]c1-c1ccc(Cl)cc1. The number of nitro groups is 1. The molecule has 0 aliphatic rings. The summed E-state index contributed by atoms with van der Waals surface area (Å²) >= 11 is 7.46. The van der Waals surface area contributed by atoms with Gasteiger partial charge in [-0.1, -0.05) is 35.5 Å². The first-order chi connectivity index (χ1) is 11.0. The number of rotatable bonds is 4. The van der Waals surface area contributed by atoms with Gasteiger partial charge in [0, 0.05) is 27.7 Å². The number of hydrogen-bond acceptors (Lipinski definition) is 3. The molecule has 0 spiro atoms. The van der Waals surface area contributed by atoms with Gasteiger partial charge in [-0.05, 0) is 48.4 Å². The number of H-pyrrole nitrogens is 1. The zero-order chi connectivity index (χ0) is 16.4. The maximum atomic E-state index is 10.7. The average Bonchev–Trinajstić information content (AvgIpc) is 2.89. The van der Waals surface area contributed by atoms with Crippen LogP contribution in [0.2, 0.25) is 5.02 Å². The summed E-state index contributed by atoms with van der Waals surface area (Å²) in [6.45, 7) is 2.04. The fourth-order valence-electron chi connectivity index (χ4n) is 2.26. The summed E-state index contributed by atoms with van der Waals surface area (Å²) in [4.78, 5) is 14.6. The molecule has 23 heavy (non-hydrogen) atoms. The van der Waals surface area contributed by atoms with E-state index in [1.165, 1.54) is 23.9 Å². The number of nitro benzene ring substituents is 1. The summed E-state index contributed by atoms with van der Waals surface area (Å²) in [5.41, 5.74) is 3.35. The van der Waals surface area contributed by atoms with Crippen molar-refractivity contribution in [3.63, 3.8) is 0 Å². The van der Waals surface area contributed by atoms with Crippen LogP contribution in [0.5, 0.6) is 0 Å². The third-order valence-electron chi connectivity index (χ3n) is 3.40. The van der Waals surface area contributed by atoms with Gasteiger partial charge in [-0.25, -0.2) is 0 Å². The van der Waals surface area contributed by atoms with E-state index in [0.29, 0.717) is 5.02 Å². The first kappa shape index (κ1) is 15.6. The number of halogens is 1. The van der Waals surface area contributed by atoms with Crippen LogP contribution in [-0.2, 0) is 0 Å². The molecule has 116 valence electrons. The van der Waals surface area contributed by atoms with Crippen molar-refractivity contribution in [2.24, 2.45) is 0 Å². The van der Waals surface area contributed by atoms with Crippen molar-refractivity contribution in [3.8, 4) is 11.3 Å². The number of hydrogen-bond donors (Lipinski definition) is 1. The summed E-state index contributed by atoms with van der Waals surface area (Å²) in [6, 6.07) is 16.3. The Labute approximate surface area is 142 Å². The second-order valence-corrected chi connectivity index (χ2v) is 6.60. The van der Waals surface area contributed by atoms with Crippen molar-refractivity contribution in [3.05, 3.63) is 75.3 Å². The quantitative estimate of drug-likeness (QED) is 0.487. The van der Waals surface area contributed by atoms with Crippen LogP contribution in [0.1, 0.15) is 5.56 Å². The molecule has 1 aromatic heterocycles. The Kier molecular flexibility index (Phi) is 4.41. The number of nitrogens with one attached hydrogen (secondary N) is 1. The highest BCUT2D eigenvalue weighted by Gasteiger charge is 2.09. The molecule has 0 aliphatic heterocycles. The van der Waals surface area contributed by atoms with Crippen LogP contribution < -0.4 is 0 Å². The average molecular weight is 345 g/mol. The van der Waals surface area contributed by atoms with Crippen LogP contribution in [0.4, 0.5) is 5.69 Å². The standard InChI is InChI=1S/C17H13ClN2O2S/c1-11-10-16(19-17(11)12-2-4-13(18)5-3-12)23-15-8-6-14(7-9-15)20(21)22/h2-10,19H,1H3. The van der Waals surface area contributed by atoms with Gasteiger partial charge in [0.15, 0.2) is 0 Å². The van der Waals surface area contributed by atoms with Crippen molar-refractivity contribution >= 4 is 29.1 Å².